The van der Waals surface area contributed by atoms with Crippen LogP contribution in [0.25, 0.3) is 0 Å². The van der Waals surface area contributed by atoms with Gasteiger partial charge >= 0.3 is 6.18 Å². The second kappa shape index (κ2) is 4.55. The zero-order valence-electron chi connectivity index (χ0n) is 10.3. The summed E-state index contributed by atoms with van der Waals surface area (Å²) >= 11 is 0. The second-order valence-corrected chi connectivity index (χ2v) is 4.45. The van der Waals surface area contributed by atoms with Crippen LogP contribution in [0.1, 0.15) is 23.7 Å². The van der Waals surface area contributed by atoms with Crippen molar-refractivity contribution in [1.29, 1.82) is 0 Å². The number of amides is 1. The fourth-order valence-corrected chi connectivity index (χ4v) is 1.90. The highest BCUT2D eigenvalue weighted by molar-refractivity contribution is 5.97. The molecule has 2 rings (SSSR count). The van der Waals surface area contributed by atoms with Crippen molar-refractivity contribution in [2.24, 2.45) is 5.10 Å². The molecule has 1 aromatic rings. The third-order valence-electron chi connectivity index (χ3n) is 2.84. The zero-order valence-corrected chi connectivity index (χ0v) is 10.3. The summed E-state index contributed by atoms with van der Waals surface area (Å²) in [4.78, 5) is 12.0. The Bertz CT molecular complexity index is 585. The van der Waals surface area contributed by atoms with Crippen molar-refractivity contribution in [1.82, 2.24) is 5.01 Å². The predicted molar refractivity (Wildman–Crippen MR) is 61.3 cm³/mol. The summed E-state index contributed by atoms with van der Waals surface area (Å²) in [5.74, 6) is -1.99. The smallest absolute Gasteiger partial charge is 0.362 e. The Labute approximate surface area is 111 Å². The van der Waals surface area contributed by atoms with E-state index in [-0.39, 0.29) is 16.3 Å². The molecule has 0 bridgehead atoms. The predicted octanol–water partition coefficient (Wildman–Crippen LogP) is 2.30. The highest BCUT2D eigenvalue weighted by Gasteiger charge is 2.62. The first kappa shape index (κ1) is 14.4. The third-order valence-corrected chi connectivity index (χ3v) is 2.84. The summed E-state index contributed by atoms with van der Waals surface area (Å²) in [6, 6.07) is 4.15. The molecule has 0 aliphatic carbocycles. The van der Waals surface area contributed by atoms with Crippen molar-refractivity contribution in [2.45, 2.75) is 25.2 Å². The van der Waals surface area contributed by atoms with Crippen molar-refractivity contribution in [3.63, 3.8) is 0 Å². The molecule has 1 aliphatic heterocycles. The number of hydrogen-bond acceptors (Lipinski definition) is 3. The van der Waals surface area contributed by atoms with Crippen molar-refractivity contribution in [2.75, 3.05) is 0 Å². The number of alkyl halides is 3. The molecule has 0 saturated carbocycles. The standard InChI is InChI=1S/C12H10F4N2O2/c1-7-6-11(20,12(14,15)16)18(17-7)10(19)8-3-2-4-9(13)5-8/h2-5,20H,6H2,1H3/t11-/m1/s1. The van der Waals surface area contributed by atoms with Crippen LogP contribution < -0.4 is 0 Å². The molecule has 0 spiro atoms. The molecule has 1 aliphatic rings. The minimum absolute atomic E-state index is 0.0445. The molecule has 0 radical (unpaired) electrons. The summed E-state index contributed by atoms with van der Waals surface area (Å²) in [6.07, 6.45) is -5.91. The van der Waals surface area contributed by atoms with Crippen molar-refractivity contribution in [3.8, 4) is 0 Å². The van der Waals surface area contributed by atoms with Gasteiger partial charge < -0.3 is 5.11 Å². The van der Waals surface area contributed by atoms with E-state index in [0.717, 1.165) is 18.2 Å². The maximum atomic E-state index is 13.0. The first-order chi connectivity index (χ1) is 9.15. The van der Waals surface area contributed by atoms with Crippen molar-refractivity contribution < 1.29 is 27.5 Å². The van der Waals surface area contributed by atoms with E-state index >= 15 is 0 Å². The Morgan fingerprint density at radius 2 is 2.10 bits per heavy atom. The van der Waals surface area contributed by atoms with Gasteiger partial charge in [0.1, 0.15) is 5.82 Å². The number of carbonyl (C=O) groups is 1. The Balaban J connectivity index is 2.42. The minimum Gasteiger partial charge on any atom is -0.362 e. The minimum atomic E-state index is -5.07. The Morgan fingerprint density at radius 1 is 1.45 bits per heavy atom. The van der Waals surface area contributed by atoms with Crippen molar-refractivity contribution >= 4 is 11.6 Å². The molecule has 20 heavy (non-hydrogen) atoms. The number of aliphatic hydroxyl groups is 1. The largest absolute Gasteiger partial charge is 0.438 e. The van der Waals surface area contributed by atoms with Crippen LogP contribution in [-0.4, -0.2) is 33.6 Å². The van der Waals surface area contributed by atoms with E-state index in [0.29, 0.717) is 0 Å². The summed E-state index contributed by atoms with van der Waals surface area (Å²) < 4.78 is 51.8. The average molecular weight is 290 g/mol. The highest BCUT2D eigenvalue weighted by Crippen LogP contribution is 2.40. The summed E-state index contributed by atoms with van der Waals surface area (Å²) in [6.45, 7) is 1.26. The van der Waals surface area contributed by atoms with E-state index in [9.17, 15) is 27.5 Å². The Morgan fingerprint density at radius 3 is 2.65 bits per heavy atom. The molecule has 4 nitrogen and oxygen atoms in total. The summed E-state index contributed by atoms with van der Waals surface area (Å²) in [5.41, 5.74) is -3.78. The lowest BCUT2D eigenvalue weighted by Gasteiger charge is -2.32. The van der Waals surface area contributed by atoms with Crippen molar-refractivity contribution in [3.05, 3.63) is 35.6 Å². The first-order valence-corrected chi connectivity index (χ1v) is 5.58. The number of nitrogens with zero attached hydrogens (tertiary/aromatic N) is 2. The molecule has 0 fully saturated rings. The molecule has 1 atom stereocenters. The van der Waals surface area contributed by atoms with Gasteiger partial charge in [-0.2, -0.15) is 23.3 Å². The lowest BCUT2D eigenvalue weighted by molar-refractivity contribution is -0.297. The van der Waals surface area contributed by atoms with E-state index in [1.807, 2.05) is 0 Å². The molecular weight excluding hydrogens is 280 g/mol. The van der Waals surface area contributed by atoms with E-state index in [4.69, 9.17) is 0 Å². The molecule has 0 unspecified atom stereocenters. The second-order valence-electron chi connectivity index (χ2n) is 4.45. The maximum Gasteiger partial charge on any atom is 0.438 e. The van der Waals surface area contributed by atoms with Crippen LogP contribution in [0.2, 0.25) is 0 Å². The summed E-state index contributed by atoms with van der Waals surface area (Å²) in [7, 11) is 0. The van der Waals surface area contributed by atoms with Crippen LogP contribution in [0, 0.1) is 5.82 Å². The fraction of sp³-hybridized carbons (Fsp3) is 0.333. The van der Waals surface area contributed by atoms with Crippen LogP contribution >= 0.6 is 0 Å². The number of rotatable bonds is 1. The Kier molecular flexibility index (Phi) is 3.29. The highest BCUT2D eigenvalue weighted by atomic mass is 19.4. The van der Waals surface area contributed by atoms with Gasteiger partial charge in [-0.05, 0) is 25.1 Å². The van der Waals surface area contributed by atoms with Crippen LogP contribution in [-0.2, 0) is 0 Å². The van der Waals surface area contributed by atoms with Gasteiger partial charge in [0.2, 0.25) is 0 Å². The van der Waals surface area contributed by atoms with Gasteiger partial charge in [-0.1, -0.05) is 6.07 Å². The van der Waals surface area contributed by atoms with Gasteiger partial charge in [-0.3, -0.25) is 4.79 Å². The maximum absolute atomic E-state index is 13.0. The SMILES string of the molecule is CC1=NN(C(=O)c2cccc(F)c2)[C@](O)(C(F)(F)F)C1. The lowest BCUT2D eigenvalue weighted by Crippen LogP contribution is -2.56. The third kappa shape index (κ3) is 2.26. The molecule has 0 saturated heterocycles. The lowest BCUT2D eigenvalue weighted by atomic mass is 10.1. The van der Waals surface area contributed by atoms with E-state index in [1.165, 1.54) is 13.0 Å². The fourth-order valence-electron chi connectivity index (χ4n) is 1.90. The van der Waals surface area contributed by atoms with Crippen LogP contribution in [0.3, 0.4) is 0 Å². The monoisotopic (exact) mass is 290 g/mol. The van der Waals surface area contributed by atoms with Crippen LogP contribution in [0.5, 0.6) is 0 Å². The van der Waals surface area contributed by atoms with Gasteiger partial charge in [-0.25, -0.2) is 4.39 Å². The molecule has 1 N–H and O–H groups in total. The van der Waals surface area contributed by atoms with Crippen LogP contribution in [0.15, 0.2) is 29.4 Å². The molecule has 108 valence electrons. The molecule has 1 amide bonds. The average Bonchev–Trinajstić information content (AvgIpc) is 2.64. The van der Waals surface area contributed by atoms with E-state index in [2.05, 4.69) is 5.10 Å². The molecule has 8 heteroatoms. The molecule has 0 aromatic heterocycles. The molecule has 1 aromatic carbocycles. The van der Waals surface area contributed by atoms with Crippen LogP contribution in [0.4, 0.5) is 17.6 Å². The van der Waals surface area contributed by atoms with E-state index < -0.39 is 30.0 Å². The van der Waals surface area contributed by atoms with Gasteiger partial charge in [0.25, 0.3) is 11.6 Å². The first-order valence-electron chi connectivity index (χ1n) is 5.58. The number of benzene rings is 1. The Hall–Kier alpha value is -1.96. The number of hydrogen-bond donors (Lipinski definition) is 1. The van der Waals surface area contributed by atoms with Gasteiger partial charge in [0, 0.05) is 17.7 Å². The topological polar surface area (TPSA) is 52.9 Å². The number of hydrazone groups is 1. The van der Waals surface area contributed by atoms with Gasteiger partial charge in [0.15, 0.2) is 0 Å². The number of halogens is 4. The number of carbonyl (C=O) groups excluding carboxylic acids is 1. The quantitative estimate of drug-likeness (QED) is 0.807. The molecule has 1 heterocycles. The van der Waals surface area contributed by atoms with Gasteiger partial charge in [0.05, 0.1) is 0 Å². The van der Waals surface area contributed by atoms with E-state index in [1.54, 1.807) is 0 Å². The zero-order chi connectivity index (χ0) is 15.1. The van der Waals surface area contributed by atoms with Gasteiger partial charge in [-0.15, -0.1) is 0 Å². The normalized spacial score (nSPS) is 22.9. The molecular formula is C12H10F4N2O2. The summed E-state index contributed by atoms with van der Waals surface area (Å²) in [5, 5.41) is 13.1.